The monoisotopic (exact) mass is 305 g/mol. The summed E-state index contributed by atoms with van der Waals surface area (Å²) in [6.07, 6.45) is 0.471. The minimum Gasteiger partial charge on any atom is -0.497 e. The summed E-state index contributed by atoms with van der Waals surface area (Å²) in [4.78, 5) is 25.9. The third-order valence-electron chi connectivity index (χ3n) is 3.56. The molecule has 0 aromatic heterocycles. The molecule has 0 radical (unpaired) electrons. The number of hydrogen-bond acceptors (Lipinski definition) is 4. The van der Waals surface area contributed by atoms with Gasteiger partial charge in [0.2, 0.25) is 0 Å². The highest BCUT2D eigenvalue weighted by Crippen LogP contribution is 2.22. The maximum atomic E-state index is 12.2. The van der Waals surface area contributed by atoms with Gasteiger partial charge in [-0.3, -0.25) is 9.69 Å². The predicted molar refractivity (Wildman–Crippen MR) is 83.1 cm³/mol. The molecule has 0 saturated carbocycles. The number of carbonyl (C=O) groups is 2. The van der Waals surface area contributed by atoms with Crippen molar-refractivity contribution in [3.63, 3.8) is 0 Å². The second-order valence-electron chi connectivity index (χ2n) is 6.46. The molecule has 5 nitrogen and oxygen atoms in total. The van der Waals surface area contributed by atoms with Crippen LogP contribution >= 0.6 is 0 Å². The average molecular weight is 305 g/mol. The van der Waals surface area contributed by atoms with Crippen LogP contribution in [-0.4, -0.2) is 42.1 Å². The molecular weight excluding hydrogens is 282 g/mol. The molecule has 22 heavy (non-hydrogen) atoms. The van der Waals surface area contributed by atoms with Crippen LogP contribution in [0.15, 0.2) is 24.3 Å². The Labute approximate surface area is 131 Å². The van der Waals surface area contributed by atoms with Crippen LogP contribution in [0.4, 0.5) is 4.79 Å². The lowest BCUT2D eigenvalue weighted by Gasteiger charge is -2.27. The Morgan fingerprint density at radius 1 is 1.27 bits per heavy atom. The van der Waals surface area contributed by atoms with E-state index >= 15 is 0 Å². The van der Waals surface area contributed by atoms with E-state index < -0.39 is 17.7 Å². The molecule has 1 amide bonds. The second kappa shape index (κ2) is 6.38. The van der Waals surface area contributed by atoms with E-state index in [-0.39, 0.29) is 5.78 Å². The van der Waals surface area contributed by atoms with Crippen LogP contribution in [0.5, 0.6) is 5.75 Å². The average Bonchev–Trinajstić information content (AvgIpc) is 2.79. The van der Waals surface area contributed by atoms with Gasteiger partial charge in [-0.05, 0) is 38.5 Å². The molecule has 0 unspecified atom stereocenters. The van der Waals surface area contributed by atoms with Crippen molar-refractivity contribution >= 4 is 11.9 Å². The van der Waals surface area contributed by atoms with Gasteiger partial charge in [-0.2, -0.15) is 0 Å². The first kappa shape index (κ1) is 16.3. The number of hydrogen-bond donors (Lipinski definition) is 0. The molecule has 1 heterocycles. The van der Waals surface area contributed by atoms with Crippen molar-refractivity contribution in [1.29, 1.82) is 0 Å². The van der Waals surface area contributed by atoms with Crippen LogP contribution < -0.4 is 4.74 Å². The summed E-state index contributed by atoms with van der Waals surface area (Å²) in [6.45, 7) is 5.89. The van der Waals surface area contributed by atoms with Gasteiger partial charge in [0.15, 0.2) is 5.78 Å². The van der Waals surface area contributed by atoms with E-state index in [0.29, 0.717) is 19.4 Å². The molecule has 1 aromatic rings. The molecule has 1 aromatic carbocycles. The van der Waals surface area contributed by atoms with Gasteiger partial charge in [0.05, 0.1) is 13.2 Å². The highest BCUT2D eigenvalue weighted by Gasteiger charge is 2.37. The van der Waals surface area contributed by atoms with E-state index in [0.717, 1.165) is 11.3 Å². The first-order valence-corrected chi connectivity index (χ1v) is 7.45. The molecule has 2 rings (SSSR count). The number of benzene rings is 1. The predicted octanol–water partition coefficient (Wildman–Crippen LogP) is 2.82. The Hall–Kier alpha value is -2.04. The number of amides is 1. The summed E-state index contributed by atoms with van der Waals surface area (Å²) in [5.74, 6) is 0.854. The fraction of sp³-hybridized carbons (Fsp3) is 0.529. The first-order chi connectivity index (χ1) is 10.3. The van der Waals surface area contributed by atoms with E-state index in [2.05, 4.69) is 0 Å². The van der Waals surface area contributed by atoms with Crippen LogP contribution in [0.3, 0.4) is 0 Å². The Morgan fingerprint density at radius 3 is 2.45 bits per heavy atom. The van der Waals surface area contributed by atoms with Gasteiger partial charge in [-0.25, -0.2) is 4.79 Å². The molecule has 1 aliphatic rings. The molecule has 1 saturated heterocycles. The molecule has 5 heteroatoms. The molecule has 1 fully saturated rings. The number of ether oxygens (including phenoxy) is 2. The first-order valence-electron chi connectivity index (χ1n) is 7.45. The van der Waals surface area contributed by atoms with E-state index in [9.17, 15) is 9.59 Å². The van der Waals surface area contributed by atoms with Crippen LogP contribution in [0.2, 0.25) is 0 Å². The molecule has 0 N–H and O–H groups in total. The molecule has 1 aliphatic heterocycles. The van der Waals surface area contributed by atoms with Gasteiger partial charge in [0, 0.05) is 19.4 Å². The third-order valence-corrected chi connectivity index (χ3v) is 3.56. The highest BCUT2D eigenvalue weighted by molar-refractivity contribution is 5.91. The minimum atomic E-state index is -0.562. The van der Waals surface area contributed by atoms with E-state index in [1.54, 1.807) is 7.11 Å². The normalized spacial score (nSPS) is 18.5. The fourth-order valence-electron chi connectivity index (χ4n) is 2.47. The topological polar surface area (TPSA) is 55.8 Å². The van der Waals surface area contributed by atoms with Crippen LogP contribution in [0.1, 0.15) is 32.8 Å². The maximum Gasteiger partial charge on any atom is 0.410 e. The molecule has 1 atom stereocenters. The Morgan fingerprint density at radius 2 is 1.91 bits per heavy atom. The summed E-state index contributed by atoms with van der Waals surface area (Å²) >= 11 is 0. The molecular formula is C17H23NO4. The summed E-state index contributed by atoms with van der Waals surface area (Å²) in [7, 11) is 1.61. The standard InChI is InChI=1S/C17H23NO4/c1-17(2,3)22-16(20)18-10-9-15(19)14(18)11-12-5-7-13(21-4)8-6-12/h5-8,14H,9-11H2,1-4H3/t14-/m0/s1. The summed E-state index contributed by atoms with van der Waals surface area (Å²) in [6, 6.07) is 7.09. The number of Topliss-reactive ketones (excluding diaryl/α,β-unsaturated/α-hetero) is 1. The van der Waals surface area contributed by atoms with E-state index in [4.69, 9.17) is 9.47 Å². The summed E-state index contributed by atoms with van der Waals surface area (Å²) in [5, 5.41) is 0. The van der Waals surface area contributed by atoms with Gasteiger partial charge < -0.3 is 9.47 Å². The zero-order chi connectivity index (χ0) is 16.3. The largest absolute Gasteiger partial charge is 0.497 e. The fourth-order valence-corrected chi connectivity index (χ4v) is 2.47. The van der Waals surface area contributed by atoms with Crippen LogP contribution in [0, 0.1) is 0 Å². The number of methoxy groups -OCH3 is 1. The van der Waals surface area contributed by atoms with E-state index in [1.807, 2.05) is 45.0 Å². The van der Waals surface area contributed by atoms with Crippen molar-refractivity contribution in [3.05, 3.63) is 29.8 Å². The van der Waals surface area contributed by atoms with Gasteiger partial charge in [0.25, 0.3) is 0 Å². The number of ketones is 1. The molecule has 0 aliphatic carbocycles. The SMILES string of the molecule is COc1ccc(C[C@H]2C(=O)CCN2C(=O)OC(C)(C)C)cc1. The third kappa shape index (κ3) is 4.00. The lowest BCUT2D eigenvalue weighted by atomic mass is 10.0. The quantitative estimate of drug-likeness (QED) is 0.861. The summed E-state index contributed by atoms with van der Waals surface area (Å²) in [5.41, 5.74) is 0.433. The van der Waals surface area contributed by atoms with Crippen molar-refractivity contribution < 1.29 is 19.1 Å². The Bertz CT molecular complexity index is 545. The van der Waals surface area contributed by atoms with Gasteiger partial charge in [-0.15, -0.1) is 0 Å². The van der Waals surface area contributed by atoms with Gasteiger partial charge >= 0.3 is 6.09 Å². The summed E-state index contributed by atoms with van der Waals surface area (Å²) < 4.78 is 10.5. The Balaban J connectivity index is 2.08. The van der Waals surface area contributed by atoms with Crippen molar-refractivity contribution in [3.8, 4) is 5.75 Å². The van der Waals surface area contributed by atoms with Gasteiger partial charge in [0.1, 0.15) is 11.4 Å². The number of likely N-dealkylation sites (tertiary alicyclic amines) is 1. The Kier molecular flexibility index (Phi) is 4.74. The second-order valence-corrected chi connectivity index (χ2v) is 6.46. The van der Waals surface area contributed by atoms with Gasteiger partial charge in [-0.1, -0.05) is 12.1 Å². The maximum absolute atomic E-state index is 12.2. The lowest BCUT2D eigenvalue weighted by Crippen LogP contribution is -2.42. The molecule has 0 bridgehead atoms. The zero-order valence-corrected chi connectivity index (χ0v) is 13.6. The molecule has 120 valence electrons. The van der Waals surface area contributed by atoms with Crippen LogP contribution in [-0.2, 0) is 16.0 Å². The number of carbonyl (C=O) groups excluding carboxylic acids is 2. The number of rotatable bonds is 3. The van der Waals surface area contributed by atoms with Crippen LogP contribution in [0.25, 0.3) is 0 Å². The van der Waals surface area contributed by atoms with Crippen molar-refractivity contribution in [2.75, 3.05) is 13.7 Å². The highest BCUT2D eigenvalue weighted by atomic mass is 16.6. The number of nitrogens with zero attached hydrogens (tertiary/aromatic N) is 1. The van der Waals surface area contributed by atoms with Crippen molar-refractivity contribution in [1.82, 2.24) is 4.90 Å². The van der Waals surface area contributed by atoms with Crippen molar-refractivity contribution in [2.45, 2.75) is 45.3 Å². The van der Waals surface area contributed by atoms with Crippen molar-refractivity contribution in [2.24, 2.45) is 0 Å². The zero-order valence-electron chi connectivity index (χ0n) is 13.6. The molecule has 0 spiro atoms. The smallest absolute Gasteiger partial charge is 0.410 e. The lowest BCUT2D eigenvalue weighted by molar-refractivity contribution is -0.119. The van der Waals surface area contributed by atoms with E-state index in [1.165, 1.54) is 4.90 Å². The minimum absolute atomic E-state index is 0.0849.